The van der Waals surface area contributed by atoms with Gasteiger partial charge in [-0.1, -0.05) is 11.6 Å². The predicted molar refractivity (Wildman–Crippen MR) is 47.1 cm³/mol. The van der Waals surface area contributed by atoms with Crippen LogP contribution in [0.15, 0.2) is 22.6 Å². The van der Waals surface area contributed by atoms with Crippen molar-refractivity contribution in [2.45, 2.75) is 6.92 Å². The van der Waals surface area contributed by atoms with Gasteiger partial charge in [0, 0.05) is 17.2 Å². The number of aryl methyl sites for hydroxylation is 2. The Balaban J connectivity index is 2.87. The molecule has 0 aliphatic heterocycles. The highest BCUT2D eigenvalue weighted by Crippen LogP contribution is 2.17. The second-order valence-electron chi connectivity index (χ2n) is 2.79. The smallest absolute Gasteiger partial charge is 0.344 e. The summed E-state index contributed by atoms with van der Waals surface area (Å²) in [4.78, 5) is 0. The summed E-state index contributed by atoms with van der Waals surface area (Å²) in [6, 6.07) is 5.64. The van der Waals surface area contributed by atoms with Gasteiger partial charge in [-0.2, -0.15) is 4.57 Å². The summed E-state index contributed by atoms with van der Waals surface area (Å²) in [6.45, 7) is 1.92. The van der Waals surface area contributed by atoms with Crippen LogP contribution < -0.4 is 4.57 Å². The molecule has 0 aliphatic rings. The molecule has 0 fully saturated rings. The molecule has 0 unspecified atom stereocenters. The molecule has 1 heterocycles. The van der Waals surface area contributed by atoms with Crippen LogP contribution in [0.3, 0.4) is 0 Å². The molecule has 0 bridgehead atoms. The number of halogens is 1. The molecule has 1 aromatic heterocycles. The van der Waals surface area contributed by atoms with Crippen LogP contribution in [0.4, 0.5) is 0 Å². The lowest BCUT2D eigenvalue weighted by atomic mass is 10.3. The number of fused-ring (bicyclic) bond motifs is 1. The van der Waals surface area contributed by atoms with Crippen LogP contribution in [0.1, 0.15) is 5.89 Å². The van der Waals surface area contributed by atoms with Crippen LogP contribution in [-0.4, -0.2) is 0 Å². The van der Waals surface area contributed by atoms with E-state index in [1.165, 1.54) is 0 Å². The van der Waals surface area contributed by atoms with Gasteiger partial charge in [-0.05, 0) is 6.07 Å². The van der Waals surface area contributed by atoms with E-state index in [4.69, 9.17) is 16.0 Å². The average Bonchev–Trinajstić information content (AvgIpc) is 2.28. The zero-order valence-corrected chi connectivity index (χ0v) is 7.72. The molecule has 2 rings (SSSR count). The van der Waals surface area contributed by atoms with E-state index in [2.05, 4.69) is 0 Å². The number of benzene rings is 1. The summed E-state index contributed by atoms with van der Waals surface area (Å²) in [5, 5.41) is 0.705. The Morgan fingerprint density at radius 3 is 2.92 bits per heavy atom. The Hall–Kier alpha value is -1.02. The van der Waals surface area contributed by atoms with Crippen molar-refractivity contribution < 1.29 is 8.98 Å². The van der Waals surface area contributed by atoms with Crippen LogP contribution in [-0.2, 0) is 7.05 Å². The first-order valence-corrected chi connectivity index (χ1v) is 4.11. The Morgan fingerprint density at radius 2 is 2.17 bits per heavy atom. The van der Waals surface area contributed by atoms with Gasteiger partial charge < -0.3 is 4.42 Å². The number of oxazole rings is 1. The van der Waals surface area contributed by atoms with Gasteiger partial charge in [-0.25, -0.2) is 0 Å². The van der Waals surface area contributed by atoms with Gasteiger partial charge in [0.15, 0.2) is 0 Å². The minimum absolute atomic E-state index is 0.705. The number of hydrogen-bond acceptors (Lipinski definition) is 1. The van der Waals surface area contributed by atoms with E-state index in [1.807, 2.05) is 36.7 Å². The minimum atomic E-state index is 0.705. The largest absolute Gasteiger partial charge is 0.402 e. The van der Waals surface area contributed by atoms with E-state index in [9.17, 15) is 0 Å². The molecule has 0 saturated heterocycles. The third-order valence-corrected chi connectivity index (χ3v) is 2.25. The molecule has 3 heteroatoms. The van der Waals surface area contributed by atoms with Gasteiger partial charge >= 0.3 is 5.89 Å². The summed E-state index contributed by atoms with van der Waals surface area (Å²) in [7, 11) is 1.97. The SMILES string of the molecule is Cc1oc2cc(Cl)ccc2[n+]1C. The highest BCUT2D eigenvalue weighted by atomic mass is 35.5. The van der Waals surface area contributed by atoms with Crippen LogP contribution in [0.2, 0.25) is 5.02 Å². The second-order valence-corrected chi connectivity index (χ2v) is 3.23. The van der Waals surface area contributed by atoms with Crippen molar-refractivity contribution >= 4 is 22.7 Å². The Kier molecular flexibility index (Phi) is 1.58. The number of aromatic nitrogens is 1. The van der Waals surface area contributed by atoms with Crippen molar-refractivity contribution in [3.63, 3.8) is 0 Å². The van der Waals surface area contributed by atoms with E-state index in [1.54, 1.807) is 0 Å². The van der Waals surface area contributed by atoms with Crippen LogP contribution in [0.25, 0.3) is 11.1 Å². The van der Waals surface area contributed by atoms with Gasteiger partial charge in [0.1, 0.15) is 7.05 Å². The molecule has 0 aliphatic carbocycles. The third kappa shape index (κ3) is 0.994. The zero-order chi connectivity index (χ0) is 8.72. The molecular weight excluding hydrogens is 174 g/mol. The quantitative estimate of drug-likeness (QED) is 0.571. The first kappa shape index (κ1) is 7.62. The molecule has 0 radical (unpaired) electrons. The van der Waals surface area contributed by atoms with Crippen molar-refractivity contribution in [3.05, 3.63) is 29.1 Å². The van der Waals surface area contributed by atoms with E-state index in [0.717, 1.165) is 17.0 Å². The van der Waals surface area contributed by atoms with Crippen molar-refractivity contribution in [2.75, 3.05) is 0 Å². The van der Waals surface area contributed by atoms with E-state index in [-0.39, 0.29) is 0 Å². The van der Waals surface area contributed by atoms with E-state index >= 15 is 0 Å². The molecule has 0 atom stereocenters. The zero-order valence-electron chi connectivity index (χ0n) is 6.97. The lowest BCUT2D eigenvalue weighted by Gasteiger charge is -1.84. The summed E-state index contributed by atoms with van der Waals surface area (Å²) in [5.74, 6) is 0.882. The predicted octanol–water partition coefficient (Wildman–Crippen LogP) is 2.22. The van der Waals surface area contributed by atoms with E-state index < -0.39 is 0 Å². The molecular formula is C9H9ClNO+. The topological polar surface area (TPSA) is 17.0 Å². The van der Waals surface area contributed by atoms with Crippen LogP contribution >= 0.6 is 11.6 Å². The van der Waals surface area contributed by atoms with Crippen molar-refractivity contribution in [1.82, 2.24) is 0 Å². The molecule has 0 saturated carbocycles. The van der Waals surface area contributed by atoms with Gasteiger partial charge in [0.25, 0.3) is 5.52 Å². The Labute approximate surface area is 75.4 Å². The second kappa shape index (κ2) is 2.49. The third-order valence-electron chi connectivity index (χ3n) is 2.01. The van der Waals surface area contributed by atoms with Crippen molar-refractivity contribution in [1.29, 1.82) is 0 Å². The fourth-order valence-corrected chi connectivity index (χ4v) is 1.41. The summed E-state index contributed by atoms with van der Waals surface area (Å²) < 4.78 is 7.45. The molecule has 12 heavy (non-hydrogen) atoms. The summed E-state index contributed by atoms with van der Waals surface area (Å²) >= 11 is 5.81. The summed E-state index contributed by atoms with van der Waals surface area (Å²) in [6.07, 6.45) is 0. The molecule has 0 amide bonds. The van der Waals surface area contributed by atoms with Gasteiger partial charge in [0.05, 0.1) is 6.92 Å². The van der Waals surface area contributed by atoms with Gasteiger partial charge in [-0.15, -0.1) is 0 Å². The maximum Gasteiger partial charge on any atom is 0.344 e. The fraction of sp³-hybridized carbons (Fsp3) is 0.222. The molecule has 2 aromatic rings. The molecule has 0 spiro atoms. The lowest BCUT2D eigenvalue weighted by Crippen LogP contribution is -2.28. The lowest BCUT2D eigenvalue weighted by molar-refractivity contribution is -0.657. The minimum Gasteiger partial charge on any atom is -0.402 e. The number of hydrogen-bond donors (Lipinski definition) is 0. The molecule has 2 nitrogen and oxygen atoms in total. The van der Waals surface area contributed by atoms with Crippen molar-refractivity contribution in [2.24, 2.45) is 7.05 Å². The standard InChI is InChI=1S/C9H9ClNO/c1-6-11(2)8-4-3-7(10)5-9(8)12-6/h3-5H,1-2H3/q+1. The highest BCUT2D eigenvalue weighted by molar-refractivity contribution is 6.31. The molecule has 62 valence electrons. The Bertz CT molecular complexity index is 433. The summed E-state index contributed by atoms with van der Waals surface area (Å²) in [5.41, 5.74) is 1.90. The maximum atomic E-state index is 5.81. The van der Waals surface area contributed by atoms with Crippen LogP contribution in [0.5, 0.6) is 0 Å². The van der Waals surface area contributed by atoms with Gasteiger partial charge in [0.2, 0.25) is 5.58 Å². The number of rotatable bonds is 0. The highest BCUT2D eigenvalue weighted by Gasteiger charge is 2.13. The molecule has 1 aromatic carbocycles. The monoisotopic (exact) mass is 182 g/mol. The van der Waals surface area contributed by atoms with Gasteiger partial charge in [-0.3, -0.25) is 0 Å². The number of nitrogens with zero attached hydrogens (tertiary/aromatic N) is 1. The average molecular weight is 183 g/mol. The Morgan fingerprint density at radius 1 is 1.42 bits per heavy atom. The van der Waals surface area contributed by atoms with E-state index in [0.29, 0.717) is 5.02 Å². The van der Waals surface area contributed by atoms with Crippen LogP contribution in [0, 0.1) is 6.92 Å². The molecule has 0 N–H and O–H groups in total. The maximum absolute atomic E-state index is 5.81. The normalized spacial score (nSPS) is 10.9. The first-order valence-electron chi connectivity index (χ1n) is 3.73. The van der Waals surface area contributed by atoms with Crippen molar-refractivity contribution in [3.8, 4) is 0 Å². The fourth-order valence-electron chi connectivity index (χ4n) is 1.24. The first-order chi connectivity index (χ1) is 5.68.